The van der Waals surface area contributed by atoms with Gasteiger partial charge in [0.05, 0.1) is 0 Å². The molecule has 1 aromatic carbocycles. The summed E-state index contributed by atoms with van der Waals surface area (Å²) in [4.78, 5) is 4.88. The lowest BCUT2D eigenvalue weighted by Crippen LogP contribution is -2.55. The largest absolute Gasteiger partial charge is 0.368 e. The van der Waals surface area contributed by atoms with Crippen molar-refractivity contribution in [3.05, 3.63) is 28.8 Å². The molecular weight excluding hydrogens is 270 g/mol. The van der Waals surface area contributed by atoms with E-state index in [-0.39, 0.29) is 0 Å². The first kappa shape index (κ1) is 15.6. The number of anilines is 1. The van der Waals surface area contributed by atoms with Crippen LogP contribution in [0.15, 0.2) is 18.2 Å². The third kappa shape index (κ3) is 3.46. The maximum atomic E-state index is 6.41. The summed E-state index contributed by atoms with van der Waals surface area (Å²) >= 11 is 6.41. The molecule has 112 valence electrons. The molecule has 0 amide bonds. The van der Waals surface area contributed by atoms with Crippen LogP contribution in [0.1, 0.15) is 26.3 Å². The molecule has 0 saturated carbocycles. The molecule has 1 aliphatic rings. The average molecular weight is 296 g/mol. The monoisotopic (exact) mass is 295 g/mol. The summed E-state index contributed by atoms with van der Waals surface area (Å²) in [6.07, 6.45) is 0. The van der Waals surface area contributed by atoms with Gasteiger partial charge in [-0.1, -0.05) is 24.6 Å². The molecule has 1 aromatic rings. The molecule has 4 heteroatoms. The molecule has 2 atom stereocenters. The molecule has 20 heavy (non-hydrogen) atoms. The minimum Gasteiger partial charge on any atom is -0.368 e. The van der Waals surface area contributed by atoms with Gasteiger partial charge in [0, 0.05) is 42.4 Å². The number of nitrogens with one attached hydrogen (secondary N) is 1. The second kappa shape index (κ2) is 6.79. The van der Waals surface area contributed by atoms with Crippen LogP contribution in [-0.2, 0) is 6.54 Å². The Balaban J connectivity index is 2.11. The molecule has 1 heterocycles. The maximum absolute atomic E-state index is 6.41. The second-order valence-corrected chi connectivity index (χ2v) is 6.23. The fourth-order valence-electron chi connectivity index (χ4n) is 2.75. The number of hydrogen-bond donors (Lipinski definition) is 1. The van der Waals surface area contributed by atoms with Crippen molar-refractivity contribution >= 4 is 17.3 Å². The zero-order valence-corrected chi connectivity index (χ0v) is 13.7. The third-order valence-corrected chi connectivity index (χ3v) is 4.68. The summed E-state index contributed by atoms with van der Waals surface area (Å²) in [6.45, 7) is 10.6. The molecule has 1 N–H and O–H groups in total. The minimum absolute atomic E-state index is 0.568. The molecule has 0 aromatic heterocycles. The third-order valence-electron chi connectivity index (χ3n) is 4.33. The van der Waals surface area contributed by atoms with Crippen LogP contribution in [0.4, 0.5) is 5.69 Å². The van der Waals surface area contributed by atoms with Crippen molar-refractivity contribution in [3.8, 4) is 0 Å². The van der Waals surface area contributed by atoms with Gasteiger partial charge in [0.25, 0.3) is 0 Å². The summed E-state index contributed by atoms with van der Waals surface area (Å²) in [7, 11) is 2.21. The van der Waals surface area contributed by atoms with Gasteiger partial charge < -0.3 is 10.2 Å². The maximum Gasteiger partial charge on any atom is 0.0471 e. The van der Waals surface area contributed by atoms with E-state index in [4.69, 9.17) is 11.6 Å². The van der Waals surface area contributed by atoms with Gasteiger partial charge >= 0.3 is 0 Å². The van der Waals surface area contributed by atoms with Gasteiger partial charge in [-0.2, -0.15) is 0 Å². The minimum atomic E-state index is 0.568. The molecule has 0 bridgehead atoms. The van der Waals surface area contributed by atoms with Gasteiger partial charge in [0.2, 0.25) is 0 Å². The molecule has 2 unspecified atom stereocenters. The highest BCUT2D eigenvalue weighted by atomic mass is 35.5. The van der Waals surface area contributed by atoms with Crippen molar-refractivity contribution in [2.24, 2.45) is 0 Å². The van der Waals surface area contributed by atoms with Crippen LogP contribution < -0.4 is 10.2 Å². The van der Waals surface area contributed by atoms with E-state index in [1.165, 1.54) is 11.3 Å². The lowest BCUT2D eigenvalue weighted by Gasteiger charge is -2.43. The van der Waals surface area contributed by atoms with Gasteiger partial charge in [0.1, 0.15) is 0 Å². The van der Waals surface area contributed by atoms with E-state index in [1.54, 1.807) is 0 Å². The van der Waals surface area contributed by atoms with E-state index in [9.17, 15) is 0 Å². The summed E-state index contributed by atoms with van der Waals surface area (Å²) in [6, 6.07) is 7.59. The summed E-state index contributed by atoms with van der Waals surface area (Å²) in [5, 5.41) is 4.18. The van der Waals surface area contributed by atoms with Crippen LogP contribution >= 0.6 is 11.6 Å². The van der Waals surface area contributed by atoms with E-state index >= 15 is 0 Å². The molecule has 1 saturated heterocycles. The lowest BCUT2D eigenvalue weighted by atomic mass is 10.1. The van der Waals surface area contributed by atoms with Gasteiger partial charge in [-0.15, -0.1) is 0 Å². The Hall–Kier alpha value is -0.770. The van der Waals surface area contributed by atoms with Gasteiger partial charge in [0.15, 0.2) is 0 Å². The molecule has 0 aliphatic carbocycles. The highest BCUT2D eigenvalue weighted by Gasteiger charge is 2.26. The van der Waals surface area contributed by atoms with Crippen molar-refractivity contribution in [2.75, 3.05) is 31.6 Å². The lowest BCUT2D eigenvalue weighted by molar-refractivity contribution is 0.170. The van der Waals surface area contributed by atoms with Gasteiger partial charge in [-0.25, -0.2) is 0 Å². The molecule has 1 fully saturated rings. The smallest absolute Gasteiger partial charge is 0.0471 e. The number of nitrogens with zero attached hydrogens (tertiary/aromatic N) is 2. The summed E-state index contributed by atoms with van der Waals surface area (Å²) < 4.78 is 0. The Morgan fingerprint density at radius 1 is 1.25 bits per heavy atom. The zero-order valence-electron chi connectivity index (χ0n) is 13.0. The van der Waals surface area contributed by atoms with Crippen LogP contribution in [0.25, 0.3) is 0 Å². The Morgan fingerprint density at radius 3 is 2.45 bits per heavy atom. The van der Waals surface area contributed by atoms with E-state index in [0.717, 1.165) is 31.2 Å². The fraction of sp³-hybridized carbons (Fsp3) is 0.625. The predicted molar refractivity (Wildman–Crippen MR) is 87.7 cm³/mol. The molecule has 2 rings (SSSR count). The quantitative estimate of drug-likeness (QED) is 0.921. The van der Waals surface area contributed by atoms with Crippen LogP contribution in [0.2, 0.25) is 5.02 Å². The first-order chi connectivity index (χ1) is 9.52. The van der Waals surface area contributed by atoms with Crippen LogP contribution in [0.3, 0.4) is 0 Å². The van der Waals surface area contributed by atoms with E-state index in [2.05, 4.69) is 61.1 Å². The number of benzene rings is 1. The summed E-state index contributed by atoms with van der Waals surface area (Å²) in [5.74, 6) is 0. The number of likely N-dealkylation sites (N-methyl/N-ethyl adjacent to an activating group) is 1. The van der Waals surface area contributed by atoms with Crippen molar-refractivity contribution in [3.63, 3.8) is 0 Å². The number of halogens is 1. The number of piperazine rings is 1. The van der Waals surface area contributed by atoms with Crippen molar-refractivity contribution in [1.82, 2.24) is 10.2 Å². The zero-order chi connectivity index (χ0) is 14.7. The Labute approximate surface area is 127 Å². The predicted octanol–water partition coefficient (Wildman–Crippen LogP) is 2.98. The van der Waals surface area contributed by atoms with E-state index in [0.29, 0.717) is 12.1 Å². The highest BCUT2D eigenvalue weighted by molar-refractivity contribution is 6.31. The Bertz CT molecular complexity index is 437. The Kier molecular flexibility index (Phi) is 5.30. The number of hydrogen-bond acceptors (Lipinski definition) is 3. The van der Waals surface area contributed by atoms with Gasteiger partial charge in [-0.05, 0) is 45.1 Å². The van der Waals surface area contributed by atoms with E-state index < -0.39 is 0 Å². The highest BCUT2D eigenvalue weighted by Crippen LogP contribution is 2.26. The molecule has 0 radical (unpaired) electrons. The first-order valence-corrected chi connectivity index (χ1v) is 7.86. The molecule has 0 spiro atoms. The van der Waals surface area contributed by atoms with Crippen LogP contribution in [-0.4, -0.2) is 43.7 Å². The topological polar surface area (TPSA) is 18.5 Å². The second-order valence-electron chi connectivity index (χ2n) is 5.82. The molecule has 1 aliphatic heterocycles. The first-order valence-electron chi connectivity index (χ1n) is 7.49. The standard InChI is InChI=1S/C16H26ClN3/c1-5-18-9-14-6-7-15(8-16(14)17)20-10-12(2)19(4)13(3)11-20/h6-8,12-13,18H,5,9-11H2,1-4H3. The average Bonchev–Trinajstić information content (AvgIpc) is 2.43. The fourth-order valence-corrected chi connectivity index (χ4v) is 2.99. The van der Waals surface area contributed by atoms with Gasteiger partial charge in [-0.3, -0.25) is 4.90 Å². The van der Waals surface area contributed by atoms with Crippen molar-refractivity contribution in [1.29, 1.82) is 0 Å². The van der Waals surface area contributed by atoms with Crippen molar-refractivity contribution < 1.29 is 0 Å². The van der Waals surface area contributed by atoms with Crippen LogP contribution in [0, 0.1) is 0 Å². The molecule has 3 nitrogen and oxygen atoms in total. The number of rotatable bonds is 4. The van der Waals surface area contributed by atoms with Crippen LogP contribution in [0.5, 0.6) is 0 Å². The van der Waals surface area contributed by atoms with Crippen molar-refractivity contribution in [2.45, 2.75) is 39.4 Å². The molecular formula is C16H26ClN3. The Morgan fingerprint density at radius 2 is 1.90 bits per heavy atom. The SMILES string of the molecule is CCNCc1ccc(N2CC(C)N(C)C(C)C2)cc1Cl. The normalized spacial score (nSPS) is 24.1. The van der Waals surface area contributed by atoms with E-state index in [1.807, 2.05) is 0 Å². The summed E-state index contributed by atoms with van der Waals surface area (Å²) in [5.41, 5.74) is 2.41.